The third kappa shape index (κ3) is 3.77. The molecule has 1 unspecified atom stereocenters. The normalized spacial score (nSPS) is 11.8. The Morgan fingerprint density at radius 3 is 2.88 bits per heavy atom. The molecule has 0 fully saturated rings. The molecule has 1 atom stereocenters. The van der Waals surface area contributed by atoms with E-state index in [0.29, 0.717) is 22.6 Å². The average molecular weight is 243 g/mol. The van der Waals surface area contributed by atoms with Crippen LogP contribution in [0.25, 0.3) is 0 Å². The van der Waals surface area contributed by atoms with Crippen LogP contribution in [0.4, 0.5) is 0 Å². The summed E-state index contributed by atoms with van der Waals surface area (Å²) >= 11 is 0.443. The van der Waals surface area contributed by atoms with Gasteiger partial charge in [0.15, 0.2) is 6.10 Å². The molecule has 0 radical (unpaired) electrons. The van der Waals surface area contributed by atoms with E-state index < -0.39 is 16.4 Å². The third-order valence-electron chi connectivity index (χ3n) is 1.65. The summed E-state index contributed by atoms with van der Waals surface area (Å²) in [6.45, 7) is 1.38. The van der Waals surface area contributed by atoms with Crippen molar-refractivity contribution in [2.24, 2.45) is 0 Å². The second-order valence-electron chi connectivity index (χ2n) is 2.89. The van der Waals surface area contributed by atoms with E-state index in [-0.39, 0.29) is 0 Å². The van der Waals surface area contributed by atoms with Crippen molar-refractivity contribution in [2.45, 2.75) is 17.9 Å². The zero-order valence-electron chi connectivity index (χ0n) is 8.32. The van der Waals surface area contributed by atoms with Crippen LogP contribution in [0.2, 0.25) is 0 Å². The van der Waals surface area contributed by atoms with Crippen molar-refractivity contribution in [3.8, 4) is 5.75 Å². The monoisotopic (exact) mass is 243 g/mol. The molecule has 1 N–H and O–H groups in total. The minimum absolute atomic E-state index is 0.293. The van der Waals surface area contributed by atoms with Gasteiger partial charge in [-0.2, -0.15) is 0 Å². The highest BCUT2D eigenvalue weighted by Gasteiger charge is 2.13. The van der Waals surface area contributed by atoms with E-state index in [4.69, 9.17) is 9.84 Å². The van der Waals surface area contributed by atoms with Gasteiger partial charge in [-0.05, 0) is 19.1 Å². The first-order valence-electron chi connectivity index (χ1n) is 4.31. The van der Waals surface area contributed by atoms with Gasteiger partial charge in [0.2, 0.25) is 0 Å². The maximum atomic E-state index is 10.5. The predicted octanol–water partition coefficient (Wildman–Crippen LogP) is 1.82. The van der Waals surface area contributed by atoms with Crippen LogP contribution in [-0.2, 0) is 4.79 Å². The van der Waals surface area contributed by atoms with Crippen molar-refractivity contribution >= 4 is 17.9 Å². The molecule has 0 heterocycles. The minimum atomic E-state index is -1.09. The van der Waals surface area contributed by atoms with Gasteiger partial charge in [0.1, 0.15) is 10.1 Å². The van der Waals surface area contributed by atoms with Gasteiger partial charge in [0.25, 0.3) is 11.9 Å². The quantitative estimate of drug-likeness (QED) is 0.482. The fraction of sp³-hybridized carbons (Fsp3) is 0.222. The summed E-state index contributed by atoms with van der Waals surface area (Å²) in [7, 11) is 0. The van der Waals surface area contributed by atoms with Crippen molar-refractivity contribution in [1.82, 2.24) is 0 Å². The van der Waals surface area contributed by atoms with Gasteiger partial charge in [-0.3, -0.25) is 10.1 Å². The van der Waals surface area contributed by atoms with Crippen LogP contribution in [0.3, 0.4) is 0 Å². The Hall–Kier alpha value is -1.76. The second-order valence-corrected chi connectivity index (χ2v) is 3.84. The van der Waals surface area contributed by atoms with Crippen LogP contribution in [0.1, 0.15) is 6.92 Å². The maximum Gasteiger partial charge on any atom is 0.344 e. The number of ether oxygens (including phenoxy) is 1. The minimum Gasteiger partial charge on any atom is -0.479 e. The Labute approximate surface area is 95.5 Å². The van der Waals surface area contributed by atoms with Gasteiger partial charge in [-0.1, -0.05) is 6.07 Å². The zero-order chi connectivity index (χ0) is 12.1. The summed E-state index contributed by atoms with van der Waals surface area (Å²) in [5.74, 6) is -0.797. The molecule has 7 heteroatoms. The molecule has 1 aromatic rings. The van der Waals surface area contributed by atoms with Crippen LogP contribution < -0.4 is 4.74 Å². The van der Waals surface area contributed by atoms with Crippen molar-refractivity contribution in [3.05, 3.63) is 34.4 Å². The summed E-state index contributed by atoms with van der Waals surface area (Å²) < 4.78 is 4.52. The molecule has 0 aliphatic heterocycles. The van der Waals surface area contributed by atoms with Gasteiger partial charge in [-0.25, -0.2) is 4.79 Å². The number of hydrogen-bond donors (Lipinski definition) is 1. The number of nitro groups is 1. The highest BCUT2D eigenvalue weighted by atomic mass is 32.2. The average Bonchev–Trinajstić information content (AvgIpc) is 2.16. The molecule has 0 amide bonds. The van der Waals surface area contributed by atoms with E-state index in [1.807, 2.05) is 0 Å². The van der Waals surface area contributed by atoms with Gasteiger partial charge in [-0.15, -0.1) is 0 Å². The fourth-order valence-corrected chi connectivity index (χ4v) is 1.43. The molecule has 0 saturated heterocycles. The molecular formula is C9H9NO5S. The summed E-state index contributed by atoms with van der Waals surface area (Å²) in [5, 5.41) is 18.9. The summed E-state index contributed by atoms with van der Waals surface area (Å²) in [6, 6.07) is 6.08. The lowest BCUT2D eigenvalue weighted by Crippen LogP contribution is -2.22. The van der Waals surface area contributed by atoms with E-state index in [2.05, 4.69) is 0 Å². The van der Waals surface area contributed by atoms with E-state index in [0.717, 1.165) is 0 Å². The first-order valence-corrected chi connectivity index (χ1v) is 5.08. The van der Waals surface area contributed by atoms with Crippen LogP contribution in [0.15, 0.2) is 29.2 Å². The van der Waals surface area contributed by atoms with Crippen molar-refractivity contribution < 1.29 is 19.0 Å². The Morgan fingerprint density at radius 2 is 2.31 bits per heavy atom. The lowest BCUT2D eigenvalue weighted by molar-refractivity contribution is -0.284. The number of carboxylic acid groups (broad SMARTS) is 1. The smallest absolute Gasteiger partial charge is 0.344 e. The number of benzene rings is 1. The third-order valence-corrected chi connectivity index (χ3v) is 2.26. The number of nitrogens with zero attached hydrogens (tertiary/aromatic N) is 1. The second kappa shape index (κ2) is 5.36. The van der Waals surface area contributed by atoms with Crippen molar-refractivity contribution in [1.29, 1.82) is 0 Å². The topological polar surface area (TPSA) is 89.7 Å². The molecule has 86 valence electrons. The SMILES string of the molecule is CC(Oc1cccc(S[N+](=O)[O-])c1)C(=O)O. The molecule has 0 aliphatic rings. The van der Waals surface area contributed by atoms with Crippen LogP contribution >= 0.6 is 11.9 Å². The highest BCUT2D eigenvalue weighted by Crippen LogP contribution is 2.23. The van der Waals surface area contributed by atoms with E-state index >= 15 is 0 Å². The number of hydrogen-bond acceptors (Lipinski definition) is 5. The first-order chi connectivity index (χ1) is 7.49. The molecule has 0 aliphatic carbocycles. The van der Waals surface area contributed by atoms with Gasteiger partial charge in [0, 0.05) is 6.07 Å². The van der Waals surface area contributed by atoms with Gasteiger partial charge >= 0.3 is 5.97 Å². The van der Waals surface area contributed by atoms with Crippen molar-refractivity contribution in [2.75, 3.05) is 0 Å². The maximum absolute atomic E-state index is 10.5. The number of rotatable bonds is 5. The van der Waals surface area contributed by atoms with E-state index in [1.54, 1.807) is 18.2 Å². The Kier molecular flexibility index (Phi) is 4.12. The van der Waals surface area contributed by atoms with E-state index in [1.165, 1.54) is 13.0 Å². The molecule has 1 rings (SSSR count). The Balaban J connectivity index is 2.74. The Bertz CT molecular complexity index is 409. The summed E-state index contributed by atoms with van der Waals surface area (Å²) in [6.07, 6.45) is -0.990. The van der Waals surface area contributed by atoms with Crippen LogP contribution in [0.5, 0.6) is 5.75 Å². The lowest BCUT2D eigenvalue weighted by atomic mass is 10.3. The van der Waals surface area contributed by atoms with Gasteiger partial charge < -0.3 is 9.84 Å². The molecule has 1 aromatic carbocycles. The van der Waals surface area contributed by atoms with Gasteiger partial charge in [0.05, 0.1) is 4.90 Å². The van der Waals surface area contributed by atoms with Crippen LogP contribution in [0, 0.1) is 10.1 Å². The molecular weight excluding hydrogens is 234 g/mol. The standard InChI is InChI=1S/C9H9NO5S/c1-6(9(11)12)15-7-3-2-4-8(5-7)16-10(13)14/h2-6H,1H3,(H,11,12). The first kappa shape index (κ1) is 12.3. The van der Waals surface area contributed by atoms with Crippen LogP contribution in [-0.4, -0.2) is 21.5 Å². The Morgan fingerprint density at radius 1 is 1.62 bits per heavy atom. The predicted molar refractivity (Wildman–Crippen MR) is 57.0 cm³/mol. The molecule has 0 saturated carbocycles. The molecule has 0 spiro atoms. The fourth-order valence-electron chi connectivity index (χ4n) is 0.945. The number of carboxylic acids is 1. The largest absolute Gasteiger partial charge is 0.479 e. The number of carbonyl (C=O) groups is 1. The molecule has 16 heavy (non-hydrogen) atoms. The summed E-state index contributed by atoms with van der Waals surface area (Å²) in [4.78, 5) is 21.2. The highest BCUT2D eigenvalue weighted by molar-refractivity contribution is 7.93. The molecule has 0 bridgehead atoms. The lowest BCUT2D eigenvalue weighted by Gasteiger charge is -2.09. The van der Waals surface area contributed by atoms with Crippen molar-refractivity contribution in [3.63, 3.8) is 0 Å². The molecule has 0 aromatic heterocycles. The number of aliphatic carboxylic acids is 1. The zero-order valence-corrected chi connectivity index (χ0v) is 9.14. The summed E-state index contributed by atoms with van der Waals surface area (Å²) in [5.41, 5.74) is 0. The van der Waals surface area contributed by atoms with E-state index in [9.17, 15) is 14.9 Å². The molecule has 6 nitrogen and oxygen atoms in total.